The lowest BCUT2D eigenvalue weighted by Crippen LogP contribution is -2.62. The zero-order chi connectivity index (χ0) is 37.9. The van der Waals surface area contributed by atoms with E-state index in [0.717, 1.165) is 5.56 Å². The number of piperidine rings is 1. The molecular weight excluding hydrogens is 672 g/mol. The number of hydrogen-bond acceptors (Lipinski definition) is 6. The average molecular weight is 726 g/mol. The molecule has 0 bridgehead atoms. The summed E-state index contributed by atoms with van der Waals surface area (Å²) < 4.78 is 32.8. The maximum absolute atomic E-state index is 14.3. The molecule has 2 aliphatic rings. The van der Waals surface area contributed by atoms with E-state index in [9.17, 15) is 32.8 Å². The fourth-order valence-corrected chi connectivity index (χ4v) is 6.85. The molecule has 2 fully saturated rings. The Labute approximate surface area is 299 Å². The Kier molecular flexibility index (Phi) is 13.0. The van der Waals surface area contributed by atoms with Gasteiger partial charge in [-0.2, -0.15) is 0 Å². The van der Waals surface area contributed by atoms with Crippen molar-refractivity contribution in [1.29, 1.82) is 0 Å². The summed E-state index contributed by atoms with van der Waals surface area (Å²) in [6, 6.07) is 1.57. The van der Waals surface area contributed by atoms with Crippen molar-refractivity contribution in [3.8, 4) is 0 Å². The molecule has 3 rings (SSSR count). The first kappa shape index (κ1) is 40.9. The fourth-order valence-electron chi connectivity index (χ4n) is 6.62. The van der Waals surface area contributed by atoms with Crippen molar-refractivity contribution in [2.45, 2.75) is 118 Å². The number of ether oxygens (including phenoxy) is 1. The van der Waals surface area contributed by atoms with Crippen LogP contribution in [0, 0.1) is 28.6 Å². The second-order valence-corrected chi connectivity index (χ2v) is 16.8. The van der Waals surface area contributed by atoms with Gasteiger partial charge in [0.1, 0.15) is 29.8 Å². The first-order chi connectivity index (χ1) is 23.0. The average Bonchev–Trinajstić information content (AvgIpc) is 3.29. The highest BCUT2D eigenvalue weighted by Crippen LogP contribution is 2.65. The van der Waals surface area contributed by atoms with Crippen molar-refractivity contribution in [2.24, 2.45) is 28.6 Å². The Hall–Kier alpha value is -3.48. The number of carbonyl (C=O) groups is 5. The van der Waals surface area contributed by atoms with E-state index in [2.05, 4.69) is 21.3 Å². The van der Waals surface area contributed by atoms with Gasteiger partial charge < -0.3 is 30.9 Å². The quantitative estimate of drug-likeness (QED) is 0.217. The Morgan fingerprint density at radius 2 is 1.62 bits per heavy atom. The van der Waals surface area contributed by atoms with Crippen LogP contribution in [0.3, 0.4) is 0 Å². The Morgan fingerprint density at radius 1 is 1.00 bits per heavy atom. The van der Waals surface area contributed by atoms with E-state index in [-0.39, 0.29) is 36.3 Å². The highest BCUT2D eigenvalue weighted by molar-refractivity contribution is 6.31. The maximum atomic E-state index is 14.3. The SMILES string of the molecule is CC(C)[C@H](NC(=O)N[C@H](C(=O)N1CC2C([C@H]1C(=O)NC(CC(F)F)C(=O)NCCc1ccccc1Cl)C2(C)C)C(C)(C)C)C(=O)OC(C)(C)C. The third-order valence-corrected chi connectivity index (χ3v) is 9.83. The number of benzene rings is 1. The number of rotatable bonds is 13. The summed E-state index contributed by atoms with van der Waals surface area (Å²) in [4.78, 5) is 68.8. The molecule has 4 N–H and O–H groups in total. The number of urea groups is 1. The zero-order valence-electron chi connectivity index (χ0n) is 30.8. The van der Waals surface area contributed by atoms with Crippen LogP contribution in [0.5, 0.6) is 0 Å². The van der Waals surface area contributed by atoms with Crippen LogP contribution in [-0.4, -0.2) is 83.9 Å². The molecule has 14 heteroatoms. The summed E-state index contributed by atoms with van der Waals surface area (Å²) in [5, 5.41) is 11.0. The van der Waals surface area contributed by atoms with Gasteiger partial charge >= 0.3 is 12.0 Å². The van der Waals surface area contributed by atoms with E-state index in [1.54, 1.807) is 79.7 Å². The number of amides is 5. The highest BCUT2D eigenvalue weighted by atomic mass is 35.5. The summed E-state index contributed by atoms with van der Waals surface area (Å²) in [6.45, 7) is 18.2. The van der Waals surface area contributed by atoms with Crippen molar-refractivity contribution in [1.82, 2.24) is 26.2 Å². The van der Waals surface area contributed by atoms with Crippen LogP contribution in [0.1, 0.15) is 81.2 Å². The van der Waals surface area contributed by atoms with Crippen LogP contribution in [0.15, 0.2) is 24.3 Å². The second kappa shape index (κ2) is 15.8. The number of nitrogens with one attached hydrogen (secondary N) is 4. The second-order valence-electron chi connectivity index (χ2n) is 16.4. The van der Waals surface area contributed by atoms with Gasteiger partial charge in [-0.05, 0) is 67.4 Å². The predicted octanol–water partition coefficient (Wildman–Crippen LogP) is 4.70. The largest absolute Gasteiger partial charge is 0.458 e. The van der Waals surface area contributed by atoms with Crippen molar-refractivity contribution < 1.29 is 37.5 Å². The maximum Gasteiger partial charge on any atom is 0.329 e. The van der Waals surface area contributed by atoms with Gasteiger partial charge in [0.15, 0.2) is 0 Å². The van der Waals surface area contributed by atoms with Crippen molar-refractivity contribution in [3.63, 3.8) is 0 Å². The molecule has 6 atom stereocenters. The molecule has 1 aromatic carbocycles. The van der Waals surface area contributed by atoms with Crippen LogP contribution in [0.25, 0.3) is 0 Å². The molecule has 1 saturated heterocycles. The van der Waals surface area contributed by atoms with Crippen molar-refractivity contribution in [3.05, 3.63) is 34.9 Å². The van der Waals surface area contributed by atoms with Crippen LogP contribution in [-0.2, 0) is 30.3 Å². The van der Waals surface area contributed by atoms with Crippen molar-refractivity contribution >= 4 is 41.3 Å². The molecule has 1 heterocycles. The topological polar surface area (TPSA) is 146 Å². The van der Waals surface area contributed by atoms with Crippen molar-refractivity contribution in [2.75, 3.05) is 13.1 Å². The summed E-state index contributed by atoms with van der Waals surface area (Å²) in [7, 11) is 0. The summed E-state index contributed by atoms with van der Waals surface area (Å²) in [5.41, 5.74) is -1.16. The normalized spacial score (nSPS) is 21.5. The summed E-state index contributed by atoms with van der Waals surface area (Å²) >= 11 is 6.19. The van der Waals surface area contributed by atoms with E-state index < -0.39 is 77.8 Å². The molecule has 1 saturated carbocycles. The van der Waals surface area contributed by atoms with Crippen LogP contribution in [0.2, 0.25) is 5.02 Å². The standard InChI is InChI=1S/C36H54ClF2N5O6/c1-19(2)26(32(48)50-35(6,7)8)42-33(49)43-28(34(3,4)5)31(47)44-18-21-25(36(21,9)10)27(44)30(46)41-23(17-24(38)39)29(45)40-16-15-20-13-11-12-14-22(20)37/h11-14,19,21,23-28H,15-18H2,1-10H3,(H,40,45)(H,41,46)(H2,42,43,49)/t21?,23?,25?,26-,27-,28+/m0/s1. The lowest BCUT2D eigenvalue weighted by molar-refractivity contribution is -0.158. The van der Waals surface area contributed by atoms with Gasteiger partial charge in [0.25, 0.3) is 0 Å². The molecule has 1 aromatic rings. The van der Waals surface area contributed by atoms with E-state index in [4.69, 9.17) is 16.3 Å². The molecule has 1 aliphatic heterocycles. The summed E-state index contributed by atoms with van der Waals surface area (Å²) in [6.07, 6.45) is -3.44. The third-order valence-electron chi connectivity index (χ3n) is 9.46. The Balaban J connectivity index is 1.78. The zero-order valence-corrected chi connectivity index (χ0v) is 31.5. The molecule has 11 nitrogen and oxygen atoms in total. The lowest BCUT2D eigenvalue weighted by atomic mass is 9.85. The van der Waals surface area contributed by atoms with Crippen LogP contribution < -0.4 is 21.3 Å². The van der Waals surface area contributed by atoms with E-state index in [0.29, 0.717) is 11.4 Å². The number of fused-ring (bicyclic) bond motifs is 1. The molecule has 0 aromatic heterocycles. The van der Waals surface area contributed by atoms with Crippen LogP contribution >= 0.6 is 11.6 Å². The molecule has 1 aliphatic carbocycles. The fraction of sp³-hybridized carbons (Fsp3) is 0.694. The van der Waals surface area contributed by atoms with Gasteiger partial charge in [-0.1, -0.05) is 78.3 Å². The Bertz CT molecular complexity index is 1430. The predicted molar refractivity (Wildman–Crippen MR) is 186 cm³/mol. The molecular formula is C36H54ClF2N5O6. The number of nitrogens with zero attached hydrogens (tertiary/aromatic N) is 1. The Morgan fingerprint density at radius 3 is 2.16 bits per heavy atom. The van der Waals surface area contributed by atoms with E-state index >= 15 is 0 Å². The smallest absolute Gasteiger partial charge is 0.329 e. The van der Waals surface area contributed by atoms with E-state index in [1.165, 1.54) is 4.90 Å². The molecule has 5 amide bonds. The van der Waals surface area contributed by atoms with Gasteiger partial charge in [0, 0.05) is 24.5 Å². The third kappa shape index (κ3) is 10.3. The number of hydrogen-bond donors (Lipinski definition) is 4. The van der Waals surface area contributed by atoms with E-state index in [1.807, 2.05) is 13.8 Å². The van der Waals surface area contributed by atoms with Gasteiger partial charge in [-0.15, -0.1) is 0 Å². The molecule has 0 spiro atoms. The molecule has 3 unspecified atom stereocenters. The number of likely N-dealkylation sites (tertiary alicyclic amines) is 1. The van der Waals surface area contributed by atoms with Gasteiger partial charge in [-0.3, -0.25) is 14.4 Å². The van der Waals surface area contributed by atoms with Gasteiger partial charge in [0.2, 0.25) is 24.1 Å². The van der Waals surface area contributed by atoms with Gasteiger partial charge in [-0.25, -0.2) is 18.4 Å². The minimum Gasteiger partial charge on any atom is -0.458 e. The first-order valence-electron chi connectivity index (χ1n) is 17.2. The number of carbonyl (C=O) groups excluding carboxylic acids is 5. The number of halogens is 3. The highest BCUT2D eigenvalue weighted by Gasteiger charge is 2.70. The van der Waals surface area contributed by atoms with Gasteiger partial charge in [0.05, 0.1) is 0 Å². The monoisotopic (exact) mass is 725 g/mol. The molecule has 50 heavy (non-hydrogen) atoms. The lowest BCUT2D eigenvalue weighted by Gasteiger charge is -2.38. The number of alkyl halides is 2. The first-order valence-corrected chi connectivity index (χ1v) is 17.5. The minimum absolute atomic E-state index is 0.0490. The minimum atomic E-state index is -2.88. The molecule has 0 radical (unpaired) electrons. The number of esters is 1. The molecule has 280 valence electrons. The summed E-state index contributed by atoms with van der Waals surface area (Å²) in [5.74, 6) is -3.31. The van der Waals surface area contributed by atoms with Crippen LogP contribution in [0.4, 0.5) is 13.6 Å².